The first-order chi connectivity index (χ1) is 11.3. The van der Waals surface area contributed by atoms with Gasteiger partial charge in [0.2, 0.25) is 6.23 Å². The molecule has 0 heterocycles. The molecule has 0 aromatic heterocycles. The summed E-state index contributed by atoms with van der Waals surface area (Å²) in [5.74, 6) is 1.08. The first-order valence-corrected chi connectivity index (χ1v) is 9.42. The van der Waals surface area contributed by atoms with Gasteiger partial charge in [-0.1, -0.05) is 65.5 Å². The smallest absolute Gasteiger partial charge is 0.254 e. The second-order valence-electron chi connectivity index (χ2n) is 5.05. The van der Waals surface area contributed by atoms with Gasteiger partial charge in [0.15, 0.2) is 2.14 Å². The van der Waals surface area contributed by atoms with Crippen LogP contribution in [0.25, 0.3) is 0 Å². The maximum absolute atomic E-state index is 12.4. The van der Waals surface area contributed by atoms with E-state index in [9.17, 15) is 4.79 Å². The van der Waals surface area contributed by atoms with E-state index >= 15 is 0 Å². The van der Waals surface area contributed by atoms with Gasteiger partial charge in [-0.05, 0) is 43.3 Å². The molecule has 0 bridgehead atoms. The summed E-state index contributed by atoms with van der Waals surface area (Å²) in [7, 11) is 1.60. The van der Waals surface area contributed by atoms with Gasteiger partial charge in [0.1, 0.15) is 11.5 Å². The molecule has 0 aliphatic carbocycles. The molecule has 2 aromatic carbocycles. The third-order valence-electron chi connectivity index (χ3n) is 3.19. The average Bonchev–Trinajstić information content (AvgIpc) is 2.54. The van der Waals surface area contributed by atoms with Gasteiger partial charge in [-0.3, -0.25) is 4.79 Å². The van der Waals surface area contributed by atoms with Crippen molar-refractivity contribution < 1.29 is 14.3 Å². The Morgan fingerprint density at radius 1 is 1.00 bits per heavy atom. The number of hydrogen-bond donors (Lipinski definition) is 1. The number of aryl methyl sites for hydroxylation is 1. The Morgan fingerprint density at radius 2 is 1.54 bits per heavy atom. The molecule has 0 unspecified atom stereocenters. The van der Waals surface area contributed by atoms with Crippen molar-refractivity contribution in [3.63, 3.8) is 0 Å². The quantitative estimate of drug-likeness (QED) is 0.446. The van der Waals surface area contributed by atoms with Gasteiger partial charge < -0.3 is 14.8 Å². The van der Waals surface area contributed by atoms with E-state index in [1.807, 2.05) is 19.1 Å². The molecule has 0 aliphatic heterocycles. The zero-order valence-corrected chi connectivity index (χ0v) is 17.8. The minimum absolute atomic E-state index is 0.240. The molecule has 1 atom stereocenters. The lowest BCUT2D eigenvalue weighted by atomic mass is 10.1. The summed E-state index contributed by atoms with van der Waals surface area (Å²) >= 11 is 10.2. The van der Waals surface area contributed by atoms with Crippen LogP contribution < -0.4 is 14.8 Å². The molecule has 2 rings (SSSR count). The molecule has 7 heteroatoms. The molecule has 0 saturated heterocycles. The molecule has 0 spiro atoms. The predicted octanol–water partition coefficient (Wildman–Crippen LogP) is 4.98. The molecule has 1 amide bonds. The summed E-state index contributed by atoms with van der Waals surface area (Å²) in [5.41, 5.74) is 1.65. The molecule has 0 saturated carbocycles. The van der Waals surface area contributed by atoms with Gasteiger partial charge in [0.25, 0.3) is 5.91 Å². The minimum atomic E-state index is -0.826. The average molecular weight is 522 g/mol. The molecule has 2 aromatic rings. The summed E-state index contributed by atoms with van der Waals surface area (Å²) in [5, 5.41) is 2.84. The van der Waals surface area contributed by atoms with Crippen LogP contribution in [0.15, 0.2) is 48.5 Å². The first-order valence-electron chi connectivity index (χ1n) is 7.04. The van der Waals surface area contributed by atoms with Crippen LogP contribution in [0.1, 0.15) is 15.9 Å². The van der Waals surface area contributed by atoms with Gasteiger partial charge in [-0.25, -0.2) is 0 Å². The summed E-state index contributed by atoms with van der Waals surface area (Å²) in [6.45, 7) is 1.97. The molecule has 0 fully saturated rings. The lowest BCUT2D eigenvalue weighted by molar-refractivity contribution is 0.0845. The number of methoxy groups -OCH3 is 1. The topological polar surface area (TPSA) is 47.6 Å². The highest BCUT2D eigenvalue weighted by atomic mass is 80.0. The van der Waals surface area contributed by atoms with Crippen LogP contribution in [0.5, 0.6) is 11.5 Å². The number of benzene rings is 2. The van der Waals surface area contributed by atoms with Crippen molar-refractivity contribution in [3.8, 4) is 11.5 Å². The molecule has 4 nitrogen and oxygen atoms in total. The molecular formula is C17H16Br3NO3. The number of carbonyl (C=O) groups excluding carboxylic acids is 1. The number of ether oxygens (including phenoxy) is 2. The largest absolute Gasteiger partial charge is 0.497 e. The zero-order valence-electron chi connectivity index (χ0n) is 13.1. The standard InChI is InChI=1S/C17H16Br3NO3/c1-11-3-5-12(6-4-11)15(22)21-16(17(18,19)20)24-14-9-7-13(23-2)8-10-14/h3-10,16H,1-2H3,(H,21,22)/t16-/m1/s1. The summed E-state index contributed by atoms with van der Waals surface area (Å²) in [4.78, 5) is 12.4. The van der Waals surface area contributed by atoms with Crippen LogP contribution in [0, 0.1) is 6.92 Å². The predicted molar refractivity (Wildman–Crippen MR) is 106 cm³/mol. The minimum Gasteiger partial charge on any atom is -0.497 e. The van der Waals surface area contributed by atoms with E-state index in [-0.39, 0.29) is 5.91 Å². The fourth-order valence-corrected chi connectivity index (χ4v) is 2.50. The van der Waals surface area contributed by atoms with E-state index in [1.165, 1.54) is 0 Å². The monoisotopic (exact) mass is 519 g/mol. The van der Waals surface area contributed by atoms with Crippen LogP contribution in [-0.4, -0.2) is 21.4 Å². The van der Waals surface area contributed by atoms with E-state index in [0.29, 0.717) is 11.3 Å². The lowest BCUT2D eigenvalue weighted by Gasteiger charge is -2.27. The van der Waals surface area contributed by atoms with Crippen molar-refractivity contribution in [2.24, 2.45) is 0 Å². The maximum Gasteiger partial charge on any atom is 0.254 e. The van der Waals surface area contributed by atoms with Crippen molar-refractivity contribution >= 4 is 53.7 Å². The van der Waals surface area contributed by atoms with Gasteiger partial charge >= 0.3 is 0 Å². The SMILES string of the molecule is COc1ccc(O[C@@H](NC(=O)c2ccc(C)cc2)C(Br)(Br)Br)cc1. The Kier molecular flexibility index (Phi) is 6.71. The number of halogens is 3. The molecular weight excluding hydrogens is 506 g/mol. The molecule has 1 N–H and O–H groups in total. The van der Waals surface area contributed by atoms with Gasteiger partial charge in [0.05, 0.1) is 7.11 Å². The molecule has 0 radical (unpaired) electrons. The molecule has 128 valence electrons. The second-order valence-corrected chi connectivity index (χ2v) is 12.0. The van der Waals surface area contributed by atoms with Crippen molar-refractivity contribution in [2.75, 3.05) is 7.11 Å². The van der Waals surface area contributed by atoms with Crippen LogP contribution in [0.3, 0.4) is 0 Å². The molecule has 0 aliphatic rings. The third kappa shape index (κ3) is 5.50. The third-order valence-corrected chi connectivity index (χ3v) is 4.43. The molecule has 24 heavy (non-hydrogen) atoms. The van der Waals surface area contributed by atoms with Crippen LogP contribution in [0.4, 0.5) is 0 Å². The lowest BCUT2D eigenvalue weighted by Crippen LogP contribution is -2.47. The van der Waals surface area contributed by atoms with Gasteiger partial charge in [-0.2, -0.15) is 0 Å². The maximum atomic E-state index is 12.4. The van der Waals surface area contributed by atoms with Crippen LogP contribution in [0.2, 0.25) is 0 Å². The highest BCUT2D eigenvalue weighted by Crippen LogP contribution is 2.38. The Hall–Kier alpha value is -1.05. The van der Waals surface area contributed by atoms with Crippen molar-refractivity contribution in [2.45, 2.75) is 15.3 Å². The normalized spacial score (nSPS) is 12.4. The van der Waals surface area contributed by atoms with Crippen molar-refractivity contribution in [3.05, 3.63) is 59.7 Å². The number of rotatable bonds is 5. The first kappa shape index (κ1) is 19.3. The summed E-state index contributed by atoms with van der Waals surface area (Å²) in [6, 6.07) is 14.4. The van der Waals surface area contributed by atoms with E-state index in [1.54, 1.807) is 43.5 Å². The Labute approximate surface area is 166 Å². The number of alkyl halides is 3. The highest BCUT2D eigenvalue weighted by molar-refractivity contribution is 9.39. The Balaban J connectivity index is 2.13. The van der Waals surface area contributed by atoms with E-state index in [4.69, 9.17) is 9.47 Å². The number of nitrogens with one attached hydrogen (secondary N) is 1. The van der Waals surface area contributed by atoms with E-state index in [0.717, 1.165) is 11.3 Å². The Bertz CT molecular complexity index is 682. The number of hydrogen-bond acceptors (Lipinski definition) is 3. The van der Waals surface area contributed by atoms with Crippen molar-refractivity contribution in [1.82, 2.24) is 5.32 Å². The van der Waals surface area contributed by atoms with Crippen molar-refractivity contribution in [1.29, 1.82) is 0 Å². The number of carbonyl (C=O) groups is 1. The zero-order chi connectivity index (χ0) is 17.7. The van der Waals surface area contributed by atoms with Gasteiger partial charge in [-0.15, -0.1) is 0 Å². The van der Waals surface area contributed by atoms with Gasteiger partial charge in [0, 0.05) is 5.56 Å². The van der Waals surface area contributed by atoms with Crippen LogP contribution >= 0.6 is 47.8 Å². The number of amides is 1. The summed E-state index contributed by atoms with van der Waals surface area (Å²) in [6.07, 6.45) is -0.709. The van der Waals surface area contributed by atoms with E-state index < -0.39 is 8.37 Å². The van der Waals surface area contributed by atoms with E-state index in [2.05, 4.69) is 53.1 Å². The Morgan fingerprint density at radius 3 is 2.04 bits per heavy atom. The fourth-order valence-electron chi connectivity index (χ4n) is 1.88. The summed E-state index contributed by atoms with van der Waals surface area (Å²) < 4.78 is 10.2. The highest BCUT2D eigenvalue weighted by Gasteiger charge is 2.34. The fraction of sp³-hybridized carbons (Fsp3) is 0.235. The second kappa shape index (κ2) is 8.36. The van der Waals surface area contributed by atoms with Crippen LogP contribution in [-0.2, 0) is 0 Å².